The minimum Gasteiger partial charge on any atom is -0.497 e. The summed E-state index contributed by atoms with van der Waals surface area (Å²) in [5.74, 6) is 0.0855. The molecule has 4 aromatic rings. The van der Waals surface area contributed by atoms with E-state index in [0.29, 0.717) is 22.7 Å². The third-order valence-electron chi connectivity index (χ3n) is 6.61. The van der Waals surface area contributed by atoms with E-state index in [0.717, 1.165) is 24.8 Å². The van der Waals surface area contributed by atoms with Crippen LogP contribution in [0, 0.1) is 0 Å². The second-order valence-corrected chi connectivity index (χ2v) is 8.94. The first-order chi connectivity index (χ1) is 18.1. The quantitative estimate of drug-likeness (QED) is 0.341. The van der Waals surface area contributed by atoms with Crippen LogP contribution >= 0.6 is 0 Å². The van der Waals surface area contributed by atoms with Gasteiger partial charge in [-0.05, 0) is 79.8 Å². The Morgan fingerprint density at radius 3 is 2.62 bits per heavy atom. The van der Waals surface area contributed by atoms with Gasteiger partial charge in [-0.2, -0.15) is 5.10 Å². The largest absolute Gasteiger partial charge is 0.497 e. The maximum Gasteiger partial charge on any atom is 0.358 e. The van der Waals surface area contributed by atoms with E-state index >= 15 is 0 Å². The number of hydrogen-bond acceptors (Lipinski definition) is 5. The summed E-state index contributed by atoms with van der Waals surface area (Å²) in [6, 6.07) is 24.8. The topological polar surface area (TPSA) is 82.5 Å². The smallest absolute Gasteiger partial charge is 0.358 e. The summed E-state index contributed by atoms with van der Waals surface area (Å²) < 4.78 is 12.2. The molecule has 0 spiro atoms. The number of esters is 1. The number of rotatable bonds is 7. The lowest BCUT2D eigenvalue weighted by atomic mass is 9.87. The van der Waals surface area contributed by atoms with Crippen LogP contribution < -0.4 is 10.1 Å². The number of hydrogen-bond donors (Lipinski definition) is 1. The monoisotopic (exact) mass is 495 g/mol. The Morgan fingerprint density at radius 2 is 1.84 bits per heavy atom. The van der Waals surface area contributed by atoms with E-state index in [9.17, 15) is 9.59 Å². The SMILES string of the molecule is CCOC(=O)c1cc(-c2cccc(OC)c2)n(-c2ccc(C(=O)N[C@@H]3CCCc4ccccc43)cc2)n1. The molecule has 0 bridgehead atoms. The van der Waals surface area contributed by atoms with Crippen molar-refractivity contribution in [1.29, 1.82) is 0 Å². The molecule has 5 rings (SSSR count). The number of fused-ring (bicyclic) bond motifs is 1. The number of methoxy groups -OCH3 is 1. The molecule has 1 N–H and O–H groups in total. The van der Waals surface area contributed by atoms with Crippen molar-refractivity contribution in [2.45, 2.75) is 32.2 Å². The fourth-order valence-corrected chi connectivity index (χ4v) is 4.77. The number of amides is 1. The van der Waals surface area contributed by atoms with E-state index in [4.69, 9.17) is 9.47 Å². The summed E-state index contributed by atoms with van der Waals surface area (Å²) in [7, 11) is 1.61. The molecule has 0 fully saturated rings. The molecule has 1 aliphatic rings. The highest BCUT2D eigenvalue weighted by molar-refractivity contribution is 5.94. The summed E-state index contributed by atoms with van der Waals surface area (Å²) in [4.78, 5) is 25.5. The molecule has 37 heavy (non-hydrogen) atoms. The summed E-state index contributed by atoms with van der Waals surface area (Å²) in [6.07, 6.45) is 3.02. The van der Waals surface area contributed by atoms with Gasteiger partial charge in [0.25, 0.3) is 5.91 Å². The van der Waals surface area contributed by atoms with Crippen molar-refractivity contribution in [1.82, 2.24) is 15.1 Å². The van der Waals surface area contributed by atoms with Gasteiger partial charge in [0.1, 0.15) is 5.75 Å². The van der Waals surface area contributed by atoms with E-state index in [1.807, 2.05) is 48.5 Å². The third-order valence-corrected chi connectivity index (χ3v) is 6.61. The van der Waals surface area contributed by atoms with E-state index in [1.54, 1.807) is 36.9 Å². The van der Waals surface area contributed by atoms with Gasteiger partial charge in [0.15, 0.2) is 5.69 Å². The second kappa shape index (κ2) is 10.7. The molecule has 188 valence electrons. The summed E-state index contributed by atoms with van der Waals surface area (Å²) in [6.45, 7) is 2.02. The number of benzene rings is 3. The van der Waals surface area contributed by atoms with Gasteiger partial charge in [0.2, 0.25) is 0 Å². The first-order valence-corrected chi connectivity index (χ1v) is 12.5. The molecule has 7 nitrogen and oxygen atoms in total. The van der Waals surface area contributed by atoms with Crippen molar-refractivity contribution in [3.63, 3.8) is 0 Å². The first kappa shape index (κ1) is 24.3. The molecule has 0 aliphatic heterocycles. The molecule has 7 heteroatoms. The normalized spacial score (nSPS) is 14.5. The summed E-state index contributed by atoms with van der Waals surface area (Å²) >= 11 is 0. The molecule has 0 saturated heterocycles. The molecule has 1 aliphatic carbocycles. The zero-order valence-electron chi connectivity index (χ0n) is 20.9. The lowest BCUT2D eigenvalue weighted by Gasteiger charge is -2.26. The lowest BCUT2D eigenvalue weighted by molar-refractivity contribution is 0.0518. The van der Waals surface area contributed by atoms with Crippen LogP contribution in [0.5, 0.6) is 5.75 Å². The van der Waals surface area contributed by atoms with E-state index in [1.165, 1.54) is 11.1 Å². The Morgan fingerprint density at radius 1 is 1.03 bits per heavy atom. The van der Waals surface area contributed by atoms with Crippen molar-refractivity contribution in [3.05, 3.63) is 101 Å². The maximum atomic E-state index is 13.1. The van der Waals surface area contributed by atoms with Crippen LogP contribution in [-0.4, -0.2) is 35.4 Å². The highest BCUT2D eigenvalue weighted by Crippen LogP contribution is 2.30. The number of ether oxygens (including phenoxy) is 2. The van der Waals surface area contributed by atoms with Crippen molar-refractivity contribution in [2.24, 2.45) is 0 Å². The van der Waals surface area contributed by atoms with Gasteiger partial charge in [-0.1, -0.05) is 36.4 Å². The molecular weight excluding hydrogens is 466 g/mol. The number of carbonyl (C=O) groups excluding carboxylic acids is 2. The standard InChI is InChI=1S/C30H29N3O4/c1-3-37-30(35)27-19-28(22-10-6-11-24(18-22)36-2)33(32-27)23-16-14-21(15-17-23)29(34)31-26-13-7-9-20-8-4-5-12-25(20)26/h4-6,8,10-12,14-19,26H,3,7,9,13H2,1-2H3,(H,31,34)/t26-/m1/s1. The molecule has 1 aromatic heterocycles. The van der Waals surface area contributed by atoms with Gasteiger partial charge in [0, 0.05) is 11.1 Å². The van der Waals surface area contributed by atoms with E-state index in [-0.39, 0.29) is 24.2 Å². The number of nitrogens with zero attached hydrogens (tertiary/aromatic N) is 2. The number of nitrogens with one attached hydrogen (secondary N) is 1. The molecule has 0 radical (unpaired) electrons. The minimum absolute atomic E-state index is 0.00930. The van der Waals surface area contributed by atoms with Gasteiger partial charge < -0.3 is 14.8 Å². The average Bonchev–Trinajstić information content (AvgIpc) is 3.39. The van der Waals surface area contributed by atoms with Gasteiger partial charge in [0.05, 0.1) is 31.1 Å². The molecule has 1 amide bonds. The lowest BCUT2D eigenvalue weighted by Crippen LogP contribution is -2.30. The summed E-state index contributed by atoms with van der Waals surface area (Å²) in [5.41, 5.74) is 5.52. The third kappa shape index (κ3) is 5.11. The Labute approximate surface area is 216 Å². The van der Waals surface area contributed by atoms with Crippen molar-refractivity contribution in [2.75, 3.05) is 13.7 Å². The van der Waals surface area contributed by atoms with Crippen LogP contribution in [0.15, 0.2) is 78.9 Å². The minimum atomic E-state index is -0.492. The Kier molecular flexibility index (Phi) is 7.03. The molecule has 0 saturated carbocycles. The zero-order chi connectivity index (χ0) is 25.8. The van der Waals surface area contributed by atoms with Crippen molar-refractivity contribution >= 4 is 11.9 Å². The fraction of sp³-hybridized carbons (Fsp3) is 0.233. The fourth-order valence-electron chi connectivity index (χ4n) is 4.77. The molecule has 3 aromatic carbocycles. The van der Waals surface area contributed by atoms with Crippen LogP contribution in [0.25, 0.3) is 16.9 Å². The highest BCUT2D eigenvalue weighted by atomic mass is 16.5. The maximum absolute atomic E-state index is 13.1. The molecule has 0 unspecified atom stereocenters. The molecular formula is C30H29N3O4. The van der Waals surface area contributed by atoms with Gasteiger partial charge >= 0.3 is 5.97 Å². The second-order valence-electron chi connectivity index (χ2n) is 8.94. The van der Waals surface area contributed by atoms with E-state index in [2.05, 4.69) is 22.5 Å². The van der Waals surface area contributed by atoms with E-state index < -0.39 is 5.97 Å². The zero-order valence-corrected chi connectivity index (χ0v) is 20.9. The average molecular weight is 496 g/mol. The van der Waals surface area contributed by atoms with Crippen LogP contribution in [0.4, 0.5) is 0 Å². The Balaban J connectivity index is 1.43. The predicted octanol–water partition coefficient (Wildman–Crippen LogP) is 5.53. The highest BCUT2D eigenvalue weighted by Gasteiger charge is 2.22. The van der Waals surface area contributed by atoms with Crippen molar-refractivity contribution in [3.8, 4) is 22.7 Å². The Hall–Kier alpha value is -4.39. The Bertz CT molecular complexity index is 1430. The summed E-state index contributed by atoms with van der Waals surface area (Å²) in [5, 5.41) is 7.72. The van der Waals surface area contributed by atoms with Crippen LogP contribution in [0.1, 0.15) is 57.8 Å². The predicted molar refractivity (Wildman–Crippen MR) is 141 cm³/mol. The van der Waals surface area contributed by atoms with Crippen LogP contribution in [0.3, 0.4) is 0 Å². The van der Waals surface area contributed by atoms with Crippen LogP contribution in [-0.2, 0) is 11.2 Å². The van der Waals surface area contributed by atoms with Crippen molar-refractivity contribution < 1.29 is 19.1 Å². The number of aromatic nitrogens is 2. The van der Waals surface area contributed by atoms with Crippen LogP contribution in [0.2, 0.25) is 0 Å². The number of aryl methyl sites for hydroxylation is 1. The number of carbonyl (C=O) groups is 2. The molecule has 1 atom stereocenters. The van der Waals surface area contributed by atoms with Gasteiger partial charge in [-0.15, -0.1) is 0 Å². The first-order valence-electron chi connectivity index (χ1n) is 12.5. The molecule has 1 heterocycles. The van der Waals surface area contributed by atoms with Gasteiger partial charge in [-0.3, -0.25) is 4.79 Å². The van der Waals surface area contributed by atoms with Gasteiger partial charge in [-0.25, -0.2) is 9.48 Å².